The third kappa shape index (κ3) is 6.40. The molecule has 0 aliphatic carbocycles. The van der Waals surface area contributed by atoms with Crippen LogP contribution in [0.1, 0.15) is 24.1 Å². The molecule has 1 aliphatic rings. The number of methoxy groups -OCH3 is 1. The Morgan fingerprint density at radius 1 is 1.20 bits per heavy atom. The van der Waals surface area contributed by atoms with E-state index in [4.69, 9.17) is 9.47 Å². The number of aliphatic imine (C=N–C) groups is 1. The van der Waals surface area contributed by atoms with E-state index < -0.39 is 0 Å². The zero-order chi connectivity index (χ0) is 21.2. The number of nitrogens with one attached hydrogen (secondary N) is 2. The molecule has 2 aromatic rings. The molecule has 0 amide bonds. The normalized spacial score (nSPS) is 16.2. The van der Waals surface area contributed by atoms with E-state index in [0.717, 1.165) is 36.7 Å². The first kappa shape index (κ1) is 22.0. The summed E-state index contributed by atoms with van der Waals surface area (Å²) in [4.78, 5) is 11.3. The molecule has 162 valence electrons. The Hall–Kier alpha value is -2.71. The number of hydrogen-bond acceptors (Lipinski definition) is 5. The quantitative estimate of drug-likeness (QED) is 0.510. The van der Waals surface area contributed by atoms with Crippen molar-refractivity contribution in [1.82, 2.24) is 20.5 Å². The number of guanidine groups is 1. The minimum atomic E-state index is -0.226. The summed E-state index contributed by atoms with van der Waals surface area (Å²) in [6.45, 7) is 7.04. The van der Waals surface area contributed by atoms with E-state index in [9.17, 15) is 4.39 Å². The number of pyridine rings is 1. The molecule has 1 aromatic carbocycles. The standard InChI is InChI=1S/C22H30FN5O2/c1-3-24-22(26-15-17-4-9-21(29-2)25-14-17)27-16-20(28-10-12-30-13-11-28)18-5-7-19(23)8-6-18/h4-9,14,20H,3,10-13,15-16H2,1-2H3,(H2,24,26,27). The monoisotopic (exact) mass is 415 g/mol. The van der Waals surface area contributed by atoms with Gasteiger partial charge in [0.1, 0.15) is 5.82 Å². The second kappa shape index (κ2) is 11.5. The van der Waals surface area contributed by atoms with Gasteiger partial charge in [0.2, 0.25) is 5.88 Å². The fraction of sp³-hybridized carbons (Fsp3) is 0.455. The van der Waals surface area contributed by atoms with Crippen LogP contribution in [0, 0.1) is 5.82 Å². The average Bonchev–Trinajstić information content (AvgIpc) is 2.79. The number of benzene rings is 1. The van der Waals surface area contributed by atoms with Crippen molar-refractivity contribution in [3.63, 3.8) is 0 Å². The fourth-order valence-corrected chi connectivity index (χ4v) is 3.36. The Kier molecular flexibility index (Phi) is 8.41. The van der Waals surface area contributed by atoms with Crippen molar-refractivity contribution in [1.29, 1.82) is 0 Å². The molecule has 1 aliphatic heterocycles. The molecule has 0 spiro atoms. The van der Waals surface area contributed by atoms with Gasteiger partial charge in [0, 0.05) is 38.4 Å². The SMILES string of the molecule is CCNC(=NCc1ccc(OC)nc1)NCC(c1ccc(F)cc1)N1CCOCC1. The van der Waals surface area contributed by atoms with E-state index >= 15 is 0 Å². The highest BCUT2D eigenvalue weighted by Crippen LogP contribution is 2.21. The van der Waals surface area contributed by atoms with Gasteiger partial charge in [-0.3, -0.25) is 4.90 Å². The fourth-order valence-electron chi connectivity index (χ4n) is 3.36. The van der Waals surface area contributed by atoms with Gasteiger partial charge in [0.25, 0.3) is 0 Å². The van der Waals surface area contributed by atoms with Crippen molar-refractivity contribution in [2.75, 3.05) is 46.5 Å². The van der Waals surface area contributed by atoms with Gasteiger partial charge in [-0.2, -0.15) is 0 Å². The molecule has 30 heavy (non-hydrogen) atoms. The van der Waals surface area contributed by atoms with Crippen LogP contribution in [0.5, 0.6) is 5.88 Å². The number of rotatable bonds is 8. The van der Waals surface area contributed by atoms with Crippen molar-refractivity contribution in [3.8, 4) is 5.88 Å². The Bertz CT molecular complexity index is 792. The molecule has 3 rings (SSSR count). The molecule has 2 N–H and O–H groups in total. The Morgan fingerprint density at radius 2 is 1.97 bits per heavy atom. The largest absolute Gasteiger partial charge is 0.481 e. The molecular formula is C22H30FN5O2. The van der Waals surface area contributed by atoms with Gasteiger partial charge in [-0.1, -0.05) is 18.2 Å². The zero-order valence-corrected chi connectivity index (χ0v) is 17.6. The second-order valence-corrected chi connectivity index (χ2v) is 7.00. The van der Waals surface area contributed by atoms with E-state index in [-0.39, 0.29) is 11.9 Å². The number of aromatic nitrogens is 1. The maximum atomic E-state index is 13.4. The third-order valence-electron chi connectivity index (χ3n) is 4.97. The van der Waals surface area contributed by atoms with Gasteiger partial charge in [0.15, 0.2) is 5.96 Å². The molecule has 1 unspecified atom stereocenters. The lowest BCUT2D eigenvalue weighted by molar-refractivity contribution is 0.0170. The van der Waals surface area contributed by atoms with Crippen LogP contribution in [-0.2, 0) is 11.3 Å². The lowest BCUT2D eigenvalue weighted by Gasteiger charge is -2.35. The van der Waals surface area contributed by atoms with Gasteiger partial charge in [-0.15, -0.1) is 0 Å². The van der Waals surface area contributed by atoms with Crippen LogP contribution in [0.15, 0.2) is 47.6 Å². The molecule has 1 aromatic heterocycles. The average molecular weight is 416 g/mol. The van der Waals surface area contributed by atoms with Gasteiger partial charge in [-0.25, -0.2) is 14.4 Å². The first-order chi connectivity index (χ1) is 14.7. The Morgan fingerprint density at radius 3 is 2.60 bits per heavy atom. The summed E-state index contributed by atoms with van der Waals surface area (Å²) in [7, 11) is 1.60. The van der Waals surface area contributed by atoms with E-state index in [0.29, 0.717) is 32.2 Å². The summed E-state index contributed by atoms with van der Waals surface area (Å²) in [6.07, 6.45) is 1.76. The van der Waals surface area contributed by atoms with Crippen molar-refractivity contribution >= 4 is 5.96 Å². The molecule has 0 radical (unpaired) electrons. The molecule has 8 heteroatoms. The molecule has 0 bridgehead atoms. The number of nitrogens with zero attached hydrogens (tertiary/aromatic N) is 3. The van der Waals surface area contributed by atoms with Crippen LogP contribution in [0.25, 0.3) is 0 Å². The van der Waals surface area contributed by atoms with Crippen LogP contribution in [0.3, 0.4) is 0 Å². The van der Waals surface area contributed by atoms with E-state index in [1.807, 2.05) is 31.2 Å². The van der Waals surface area contributed by atoms with Crippen LogP contribution in [0.2, 0.25) is 0 Å². The first-order valence-electron chi connectivity index (χ1n) is 10.3. The highest BCUT2D eigenvalue weighted by molar-refractivity contribution is 5.79. The lowest BCUT2D eigenvalue weighted by atomic mass is 10.0. The highest BCUT2D eigenvalue weighted by atomic mass is 19.1. The molecular weight excluding hydrogens is 385 g/mol. The molecule has 2 heterocycles. The minimum Gasteiger partial charge on any atom is -0.481 e. The van der Waals surface area contributed by atoms with Crippen LogP contribution < -0.4 is 15.4 Å². The van der Waals surface area contributed by atoms with Crippen LogP contribution in [-0.4, -0.2) is 62.3 Å². The minimum absolute atomic E-state index is 0.0982. The maximum absolute atomic E-state index is 13.4. The van der Waals surface area contributed by atoms with E-state index in [1.165, 1.54) is 12.1 Å². The molecule has 1 fully saturated rings. The Balaban J connectivity index is 1.68. The number of ether oxygens (including phenoxy) is 2. The summed E-state index contributed by atoms with van der Waals surface area (Å²) < 4.78 is 24.0. The summed E-state index contributed by atoms with van der Waals surface area (Å²) in [5, 5.41) is 6.73. The van der Waals surface area contributed by atoms with Crippen LogP contribution >= 0.6 is 0 Å². The summed E-state index contributed by atoms with van der Waals surface area (Å²) in [6, 6.07) is 10.6. The van der Waals surface area contributed by atoms with Crippen molar-refractivity contribution < 1.29 is 13.9 Å². The highest BCUT2D eigenvalue weighted by Gasteiger charge is 2.23. The molecule has 1 saturated heterocycles. The van der Waals surface area contributed by atoms with Crippen molar-refractivity contribution in [3.05, 3.63) is 59.5 Å². The number of hydrogen-bond donors (Lipinski definition) is 2. The number of halogens is 1. The number of morpholine rings is 1. The Labute approximate surface area is 177 Å². The summed E-state index contributed by atoms with van der Waals surface area (Å²) >= 11 is 0. The second-order valence-electron chi connectivity index (χ2n) is 7.00. The maximum Gasteiger partial charge on any atom is 0.212 e. The third-order valence-corrected chi connectivity index (χ3v) is 4.97. The molecule has 7 nitrogen and oxygen atoms in total. The smallest absolute Gasteiger partial charge is 0.212 e. The topological polar surface area (TPSA) is 71.0 Å². The van der Waals surface area contributed by atoms with Gasteiger partial charge in [0.05, 0.1) is 32.9 Å². The predicted octanol–water partition coefficient (Wildman–Crippen LogP) is 2.36. The van der Waals surface area contributed by atoms with Gasteiger partial charge < -0.3 is 20.1 Å². The predicted molar refractivity (Wildman–Crippen MR) is 115 cm³/mol. The van der Waals surface area contributed by atoms with Crippen molar-refractivity contribution in [2.24, 2.45) is 4.99 Å². The van der Waals surface area contributed by atoms with Gasteiger partial charge >= 0.3 is 0 Å². The zero-order valence-electron chi connectivity index (χ0n) is 17.6. The van der Waals surface area contributed by atoms with Crippen molar-refractivity contribution in [2.45, 2.75) is 19.5 Å². The molecule has 0 saturated carbocycles. The first-order valence-corrected chi connectivity index (χ1v) is 10.3. The van der Waals surface area contributed by atoms with Gasteiger partial charge in [-0.05, 0) is 30.2 Å². The summed E-state index contributed by atoms with van der Waals surface area (Å²) in [5.41, 5.74) is 2.07. The van der Waals surface area contributed by atoms with E-state index in [2.05, 4.69) is 25.5 Å². The lowest BCUT2D eigenvalue weighted by Crippen LogP contribution is -2.46. The van der Waals surface area contributed by atoms with E-state index in [1.54, 1.807) is 13.3 Å². The van der Waals surface area contributed by atoms with Crippen LogP contribution in [0.4, 0.5) is 4.39 Å². The molecule has 1 atom stereocenters. The summed E-state index contributed by atoms with van der Waals surface area (Å²) in [5.74, 6) is 1.09.